The summed E-state index contributed by atoms with van der Waals surface area (Å²) in [5.74, 6) is 2.51. The lowest BCUT2D eigenvalue weighted by Gasteiger charge is -2.31. The fourth-order valence-corrected chi connectivity index (χ4v) is 2.30. The molecule has 1 amide bonds. The number of piperidine rings is 1. The van der Waals surface area contributed by atoms with E-state index in [2.05, 4.69) is 20.2 Å². The van der Waals surface area contributed by atoms with Crippen molar-refractivity contribution < 1.29 is 4.79 Å². The highest BCUT2D eigenvalue weighted by atomic mass is 16.1. The SMILES string of the molecule is CNC(=O)C1CCN(c2nc(C)[nH]c2N)CC1. The summed E-state index contributed by atoms with van der Waals surface area (Å²) in [6.07, 6.45) is 1.70. The molecule has 1 aliphatic heterocycles. The number of hydrogen-bond acceptors (Lipinski definition) is 4. The van der Waals surface area contributed by atoms with Gasteiger partial charge in [0.2, 0.25) is 5.91 Å². The van der Waals surface area contributed by atoms with Crippen molar-refractivity contribution in [3.05, 3.63) is 5.82 Å². The van der Waals surface area contributed by atoms with E-state index in [9.17, 15) is 4.79 Å². The number of H-pyrrole nitrogens is 1. The van der Waals surface area contributed by atoms with Gasteiger partial charge in [0, 0.05) is 26.1 Å². The van der Waals surface area contributed by atoms with Gasteiger partial charge in [0.05, 0.1) is 0 Å². The van der Waals surface area contributed by atoms with Crippen LogP contribution in [0.15, 0.2) is 0 Å². The monoisotopic (exact) mass is 237 g/mol. The first kappa shape index (κ1) is 11.8. The molecule has 1 aromatic rings. The Labute approximate surface area is 101 Å². The van der Waals surface area contributed by atoms with Gasteiger partial charge in [-0.15, -0.1) is 0 Å². The maximum Gasteiger partial charge on any atom is 0.222 e. The molecule has 6 nitrogen and oxygen atoms in total. The van der Waals surface area contributed by atoms with Gasteiger partial charge in [0.15, 0.2) is 5.82 Å². The quantitative estimate of drug-likeness (QED) is 0.688. The third-order valence-corrected chi connectivity index (χ3v) is 3.24. The Morgan fingerprint density at radius 1 is 1.53 bits per heavy atom. The first-order valence-corrected chi connectivity index (χ1v) is 5.90. The van der Waals surface area contributed by atoms with Gasteiger partial charge in [-0.1, -0.05) is 0 Å². The van der Waals surface area contributed by atoms with Gasteiger partial charge in [-0.05, 0) is 19.8 Å². The number of aromatic nitrogens is 2. The van der Waals surface area contributed by atoms with Crippen LogP contribution in [0.5, 0.6) is 0 Å². The maximum absolute atomic E-state index is 11.5. The van der Waals surface area contributed by atoms with Crippen LogP contribution < -0.4 is 16.0 Å². The summed E-state index contributed by atoms with van der Waals surface area (Å²) in [7, 11) is 1.68. The molecule has 0 saturated carbocycles. The van der Waals surface area contributed by atoms with E-state index in [0.717, 1.165) is 37.6 Å². The van der Waals surface area contributed by atoms with E-state index in [4.69, 9.17) is 5.73 Å². The summed E-state index contributed by atoms with van der Waals surface area (Å²) in [4.78, 5) is 21.0. The van der Waals surface area contributed by atoms with Crippen LogP contribution in [-0.4, -0.2) is 36.0 Å². The van der Waals surface area contributed by atoms with E-state index >= 15 is 0 Å². The highest BCUT2D eigenvalue weighted by Gasteiger charge is 2.26. The average molecular weight is 237 g/mol. The molecule has 2 rings (SSSR count). The highest BCUT2D eigenvalue weighted by Crippen LogP contribution is 2.25. The number of aryl methyl sites for hydroxylation is 1. The van der Waals surface area contributed by atoms with Gasteiger partial charge in [-0.25, -0.2) is 4.98 Å². The predicted molar refractivity (Wildman–Crippen MR) is 66.7 cm³/mol. The maximum atomic E-state index is 11.5. The second kappa shape index (κ2) is 4.65. The van der Waals surface area contributed by atoms with E-state index in [1.54, 1.807) is 7.05 Å². The Morgan fingerprint density at radius 3 is 2.65 bits per heavy atom. The summed E-state index contributed by atoms with van der Waals surface area (Å²) >= 11 is 0. The minimum absolute atomic E-state index is 0.123. The van der Waals surface area contributed by atoms with Gasteiger partial charge < -0.3 is 20.9 Å². The fraction of sp³-hybridized carbons (Fsp3) is 0.636. The van der Waals surface area contributed by atoms with Crippen molar-refractivity contribution in [1.29, 1.82) is 0 Å². The second-order valence-electron chi connectivity index (χ2n) is 4.44. The molecule has 17 heavy (non-hydrogen) atoms. The van der Waals surface area contributed by atoms with E-state index < -0.39 is 0 Å². The smallest absolute Gasteiger partial charge is 0.222 e. The Morgan fingerprint density at radius 2 is 2.18 bits per heavy atom. The second-order valence-corrected chi connectivity index (χ2v) is 4.44. The van der Waals surface area contributed by atoms with Crippen molar-refractivity contribution >= 4 is 17.5 Å². The number of hydrogen-bond donors (Lipinski definition) is 3. The largest absolute Gasteiger partial charge is 0.382 e. The molecule has 4 N–H and O–H groups in total. The normalized spacial score (nSPS) is 17.2. The fourth-order valence-electron chi connectivity index (χ4n) is 2.30. The molecule has 0 unspecified atom stereocenters. The van der Waals surface area contributed by atoms with Gasteiger partial charge in [-0.2, -0.15) is 0 Å². The van der Waals surface area contributed by atoms with Crippen molar-refractivity contribution in [2.75, 3.05) is 30.8 Å². The summed E-state index contributed by atoms with van der Waals surface area (Å²) < 4.78 is 0. The van der Waals surface area contributed by atoms with Crippen molar-refractivity contribution in [2.24, 2.45) is 5.92 Å². The number of carbonyl (C=O) groups is 1. The summed E-state index contributed by atoms with van der Waals surface area (Å²) in [6, 6.07) is 0. The lowest BCUT2D eigenvalue weighted by atomic mass is 9.96. The van der Waals surface area contributed by atoms with Crippen molar-refractivity contribution in [2.45, 2.75) is 19.8 Å². The average Bonchev–Trinajstić information content (AvgIpc) is 2.68. The molecule has 0 radical (unpaired) electrons. The molecular formula is C11H19N5O. The van der Waals surface area contributed by atoms with Crippen LogP contribution in [0.1, 0.15) is 18.7 Å². The zero-order chi connectivity index (χ0) is 12.4. The van der Waals surface area contributed by atoms with Crippen molar-refractivity contribution in [3.63, 3.8) is 0 Å². The Bertz CT molecular complexity index is 406. The number of rotatable bonds is 2. The molecule has 1 saturated heterocycles. The molecule has 2 heterocycles. The summed E-state index contributed by atoms with van der Waals surface area (Å²) in [5, 5.41) is 2.70. The van der Waals surface area contributed by atoms with Gasteiger partial charge in [0.1, 0.15) is 11.6 Å². The van der Waals surface area contributed by atoms with E-state index in [1.165, 1.54) is 0 Å². The van der Waals surface area contributed by atoms with Crippen molar-refractivity contribution in [3.8, 4) is 0 Å². The topological polar surface area (TPSA) is 87.0 Å². The Hall–Kier alpha value is -1.72. The van der Waals surface area contributed by atoms with E-state index in [-0.39, 0.29) is 11.8 Å². The standard InChI is InChI=1S/C11H19N5O/c1-7-14-9(12)10(15-7)16-5-3-8(4-6-16)11(17)13-2/h8H,3-6,12H2,1-2H3,(H,13,17)(H,14,15). The number of carbonyl (C=O) groups excluding carboxylic acids is 1. The lowest BCUT2D eigenvalue weighted by molar-refractivity contribution is -0.125. The molecule has 94 valence electrons. The Balaban J connectivity index is 2.00. The third-order valence-electron chi connectivity index (χ3n) is 3.24. The molecule has 0 spiro atoms. The summed E-state index contributed by atoms with van der Waals surface area (Å²) in [6.45, 7) is 3.54. The van der Waals surface area contributed by atoms with E-state index in [1.807, 2.05) is 6.92 Å². The van der Waals surface area contributed by atoms with Crippen LogP contribution in [0.2, 0.25) is 0 Å². The molecule has 1 aliphatic rings. The molecule has 6 heteroatoms. The third kappa shape index (κ3) is 2.35. The minimum Gasteiger partial charge on any atom is -0.382 e. The number of amides is 1. The molecule has 0 aromatic carbocycles. The molecule has 0 aliphatic carbocycles. The first-order chi connectivity index (χ1) is 8.11. The number of aromatic amines is 1. The van der Waals surface area contributed by atoms with Gasteiger partial charge in [-0.3, -0.25) is 4.79 Å². The van der Waals surface area contributed by atoms with Crippen LogP contribution in [0, 0.1) is 12.8 Å². The zero-order valence-corrected chi connectivity index (χ0v) is 10.3. The predicted octanol–water partition coefficient (Wildman–Crippen LogP) is 0.263. The molecule has 1 aromatic heterocycles. The number of imidazole rings is 1. The Kier molecular flexibility index (Phi) is 3.21. The zero-order valence-electron chi connectivity index (χ0n) is 10.3. The summed E-state index contributed by atoms with van der Waals surface area (Å²) in [5.41, 5.74) is 5.85. The van der Waals surface area contributed by atoms with Gasteiger partial charge >= 0.3 is 0 Å². The van der Waals surface area contributed by atoms with E-state index in [0.29, 0.717) is 5.82 Å². The van der Waals surface area contributed by atoms with Crippen LogP contribution in [0.3, 0.4) is 0 Å². The highest BCUT2D eigenvalue weighted by molar-refractivity contribution is 5.78. The number of anilines is 2. The molecule has 0 atom stereocenters. The number of nitrogens with zero attached hydrogens (tertiary/aromatic N) is 2. The minimum atomic E-state index is 0.123. The van der Waals surface area contributed by atoms with Gasteiger partial charge in [0.25, 0.3) is 0 Å². The number of nitrogens with one attached hydrogen (secondary N) is 2. The van der Waals surface area contributed by atoms with Crippen molar-refractivity contribution in [1.82, 2.24) is 15.3 Å². The molecule has 1 fully saturated rings. The van der Waals surface area contributed by atoms with Crippen LogP contribution in [-0.2, 0) is 4.79 Å². The molecule has 0 bridgehead atoms. The lowest BCUT2D eigenvalue weighted by Crippen LogP contribution is -2.40. The van der Waals surface area contributed by atoms with Crippen LogP contribution in [0.4, 0.5) is 11.6 Å². The number of nitrogens with two attached hydrogens (primary N) is 1. The molecular weight excluding hydrogens is 218 g/mol. The van der Waals surface area contributed by atoms with Crippen LogP contribution >= 0.6 is 0 Å². The number of nitrogen functional groups attached to an aromatic ring is 1. The first-order valence-electron chi connectivity index (χ1n) is 5.90. The van der Waals surface area contributed by atoms with Crippen LogP contribution in [0.25, 0.3) is 0 Å².